The van der Waals surface area contributed by atoms with Crippen LogP contribution in [0.25, 0.3) is 5.69 Å². The molecule has 1 aliphatic heterocycles. The van der Waals surface area contributed by atoms with Gasteiger partial charge in [0.05, 0.1) is 11.3 Å². The van der Waals surface area contributed by atoms with Crippen LogP contribution in [-0.4, -0.2) is 25.0 Å². The molecule has 0 atom stereocenters. The number of aromatic nitrogens is 3. The van der Waals surface area contributed by atoms with Gasteiger partial charge in [-0.15, -0.1) is 0 Å². The Morgan fingerprint density at radius 3 is 2.86 bits per heavy atom. The Bertz CT molecular complexity index is 886. The van der Waals surface area contributed by atoms with Crippen molar-refractivity contribution in [3.05, 3.63) is 82.3 Å². The molecule has 0 amide bonds. The molecule has 0 N–H and O–H groups in total. The van der Waals surface area contributed by atoms with E-state index in [1.165, 1.54) is 0 Å². The summed E-state index contributed by atoms with van der Waals surface area (Å²) in [6, 6.07) is 11.0. The first kappa shape index (κ1) is 13.0. The number of nitrogens with zero attached hydrogens (tertiary/aromatic N) is 4. The van der Waals surface area contributed by atoms with E-state index in [-0.39, 0.29) is 6.54 Å². The molecule has 108 valence electrons. The lowest BCUT2D eigenvalue weighted by Gasteiger charge is -2.10. The SMILES string of the molecule is [O-][N+]1=C(c2ccccn2)c2cc(Cl)ccc2-n2ccnc2C1. The normalized spacial score (nSPS) is 13.5. The third-order valence-electron chi connectivity index (χ3n) is 3.63. The molecule has 3 aromatic rings. The van der Waals surface area contributed by atoms with E-state index in [4.69, 9.17) is 11.6 Å². The smallest absolute Gasteiger partial charge is 0.246 e. The molecule has 0 radical (unpaired) electrons. The first-order valence-electron chi connectivity index (χ1n) is 6.79. The monoisotopic (exact) mass is 310 g/mol. The first-order valence-corrected chi connectivity index (χ1v) is 7.17. The molecule has 4 rings (SSSR count). The summed E-state index contributed by atoms with van der Waals surface area (Å²) in [5, 5.41) is 13.3. The van der Waals surface area contributed by atoms with Crippen molar-refractivity contribution in [2.75, 3.05) is 0 Å². The summed E-state index contributed by atoms with van der Waals surface area (Å²) in [6.45, 7) is 0.158. The van der Waals surface area contributed by atoms with Crippen LogP contribution in [0.2, 0.25) is 5.02 Å². The standard InChI is InChI=1S/C16H11ClN4O/c17-11-4-5-14-12(9-11)16(13-3-1-2-6-18-13)21(22)10-15-19-7-8-20(14)15/h1-9H,10H2. The molecule has 1 aromatic carbocycles. The van der Waals surface area contributed by atoms with Crippen molar-refractivity contribution in [2.45, 2.75) is 6.54 Å². The number of halogens is 1. The fraction of sp³-hybridized carbons (Fsp3) is 0.0625. The van der Waals surface area contributed by atoms with Crippen molar-refractivity contribution in [3.8, 4) is 5.69 Å². The zero-order chi connectivity index (χ0) is 15.1. The summed E-state index contributed by atoms with van der Waals surface area (Å²) in [4.78, 5) is 8.59. The fourth-order valence-corrected chi connectivity index (χ4v) is 2.86. The molecule has 5 nitrogen and oxygen atoms in total. The maximum absolute atomic E-state index is 12.7. The number of pyridine rings is 1. The van der Waals surface area contributed by atoms with Gasteiger partial charge in [0.15, 0.2) is 5.82 Å². The lowest BCUT2D eigenvalue weighted by atomic mass is 10.0. The molecule has 1 aliphatic rings. The van der Waals surface area contributed by atoms with Gasteiger partial charge in [-0.1, -0.05) is 17.7 Å². The van der Waals surface area contributed by atoms with E-state index < -0.39 is 0 Å². The van der Waals surface area contributed by atoms with Gasteiger partial charge in [-0.3, -0.25) is 4.57 Å². The van der Waals surface area contributed by atoms with Crippen LogP contribution in [0.4, 0.5) is 0 Å². The number of benzene rings is 1. The molecule has 22 heavy (non-hydrogen) atoms. The van der Waals surface area contributed by atoms with E-state index in [0.29, 0.717) is 22.3 Å². The molecule has 0 saturated carbocycles. The largest absolute Gasteiger partial charge is 0.623 e. The van der Waals surface area contributed by atoms with Crippen molar-refractivity contribution < 1.29 is 4.74 Å². The molecule has 0 bridgehead atoms. The molecule has 3 heterocycles. The van der Waals surface area contributed by atoms with E-state index in [2.05, 4.69) is 9.97 Å². The maximum Gasteiger partial charge on any atom is 0.246 e. The van der Waals surface area contributed by atoms with Crippen LogP contribution in [0.3, 0.4) is 0 Å². The Morgan fingerprint density at radius 2 is 2.05 bits per heavy atom. The van der Waals surface area contributed by atoms with Crippen LogP contribution in [0.15, 0.2) is 55.0 Å². The fourth-order valence-electron chi connectivity index (χ4n) is 2.69. The predicted octanol–water partition coefficient (Wildman–Crippen LogP) is 2.78. The summed E-state index contributed by atoms with van der Waals surface area (Å²) in [6.07, 6.45) is 5.20. The van der Waals surface area contributed by atoms with Crippen molar-refractivity contribution in [1.82, 2.24) is 14.5 Å². The third kappa shape index (κ3) is 1.98. The number of hydroxylamine groups is 1. The van der Waals surface area contributed by atoms with Gasteiger partial charge in [-0.2, -0.15) is 4.74 Å². The number of hydrogen-bond acceptors (Lipinski definition) is 3. The molecule has 0 spiro atoms. The minimum atomic E-state index is 0.158. The zero-order valence-electron chi connectivity index (χ0n) is 11.5. The second-order valence-corrected chi connectivity index (χ2v) is 5.41. The minimum Gasteiger partial charge on any atom is -0.623 e. The average Bonchev–Trinajstić information content (AvgIpc) is 2.93. The molecule has 2 aromatic heterocycles. The Hall–Kier alpha value is -2.66. The maximum atomic E-state index is 12.7. The Labute approximate surface area is 131 Å². The highest BCUT2D eigenvalue weighted by molar-refractivity contribution is 6.31. The summed E-state index contributed by atoms with van der Waals surface area (Å²) in [7, 11) is 0. The van der Waals surface area contributed by atoms with Crippen LogP contribution in [-0.2, 0) is 6.54 Å². The van der Waals surface area contributed by atoms with E-state index in [9.17, 15) is 5.21 Å². The van der Waals surface area contributed by atoms with Crippen molar-refractivity contribution >= 4 is 17.3 Å². The Kier molecular flexibility index (Phi) is 2.94. The number of fused-ring (bicyclic) bond motifs is 3. The summed E-state index contributed by atoms with van der Waals surface area (Å²) >= 11 is 6.15. The van der Waals surface area contributed by atoms with Crippen LogP contribution in [0, 0.1) is 5.21 Å². The zero-order valence-corrected chi connectivity index (χ0v) is 12.2. The van der Waals surface area contributed by atoms with Gasteiger partial charge in [0, 0.05) is 23.6 Å². The number of imidazole rings is 1. The minimum absolute atomic E-state index is 0.158. The highest BCUT2D eigenvalue weighted by Crippen LogP contribution is 2.26. The van der Waals surface area contributed by atoms with Gasteiger partial charge >= 0.3 is 0 Å². The molecule has 0 fully saturated rings. The van der Waals surface area contributed by atoms with Crippen LogP contribution in [0.5, 0.6) is 0 Å². The molecular weight excluding hydrogens is 300 g/mol. The van der Waals surface area contributed by atoms with Crippen molar-refractivity contribution in [1.29, 1.82) is 0 Å². The van der Waals surface area contributed by atoms with Crippen molar-refractivity contribution in [3.63, 3.8) is 0 Å². The van der Waals surface area contributed by atoms with Crippen molar-refractivity contribution in [2.24, 2.45) is 0 Å². The van der Waals surface area contributed by atoms with Gasteiger partial charge in [-0.25, -0.2) is 9.97 Å². The predicted molar refractivity (Wildman–Crippen MR) is 83.4 cm³/mol. The van der Waals surface area contributed by atoms with Crippen LogP contribution < -0.4 is 0 Å². The summed E-state index contributed by atoms with van der Waals surface area (Å²) in [5.41, 5.74) is 2.74. The molecule has 0 saturated heterocycles. The van der Waals surface area contributed by atoms with Gasteiger partial charge in [-0.05, 0) is 30.3 Å². The lowest BCUT2D eigenvalue weighted by molar-refractivity contribution is -0.475. The second kappa shape index (κ2) is 4.96. The third-order valence-corrected chi connectivity index (χ3v) is 3.87. The van der Waals surface area contributed by atoms with E-state index >= 15 is 0 Å². The quantitative estimate of drug-likeness (QED) is 0.513. The first-order chi connectivity index (χ1) is 10.7. The molecule has 0 aliphatic carbocycles. The van der Waals surface area contributed by atoms with E-state index in [0.717, 1.165) is 16.0 Å². The highest BCUT2D eigenvalue weighted by atomic mass is 35.5. The number of rotatable bonds is 1. The van der Waals surface area contributed by atoms with Gasteiger partial charge < -0.3 is 5.21 Å². The Balaban J connectivity index is 2.06. The summed E-state index contributed by atoms with van der Waals surface area (Å²) in [5.74, 6) is 0.685. The Morgan fingerprint density at radius 1 is 1.14 bits per heavy atom. The summed E-state index contributed by atoms with van der Waals surface area (Å²) < 4.78 is 2.83. The lowest BCUT2D eigenvalue weighted by Crippen LogP contribution is -2.18. The van der Waals surface area contributed by atoms with Gasteiger partial charge in [0.25, 0.3) is 0 Å². The topological polar surface area (TPSA) is 56.8 Å². The second-order valence-electron chi connectivity index (χ2n) is 4.98. The van der Waals surface area contributed by atoms with Crippen LogP contribution >= 0.6 is 11.6 Å². The van der Waals surface area contributed by atoms with E-state index in [1.54, 1.807) is 24.5 Å². The molecule has 0 unspecified atom stereocenters. The van der Waals surface area contributed by atoms with E-state index in [1.807, 2.05) is 35.0 Å². The van der Waals surface area contributed by atoms with Crippen LogP contribution in [0.1, 0.15) is 17.1 Å². The highest BCUT2D eigenvalue weighted by Gasteiger charge is 2.27. The number of hydrogen-bond donors (Lipinski definition) is 0. The molecular formula is C16H11ClN4O. The molecule has 6 heteroatoms. The average molecular weight is 311 g/mol. The van der Waals surface area contributed by atoms with Gasteiger partial charge in [0.1, 0.15) is 5.69 Å². The van der Waals surface area contributed by atoms with Gasteiger partial charge in [0.2, 0.25) is 12.3 Å².